The van der Waals surface area contributed by atoms with Crippen molar-refractivity contribution in [2.24, 2.45) is 11.7 Å². The van der Waals surface area contributed by atoms with Gasteiger partial charge in [0.2, 0.25) is 5.91 Å². The van der Waals surface area contributed by atoms with Crippen molar-refractivity contribution in [1.29, 1.82) is 0 Å². The predicted octanol–water partition coefficient (Wildman–Crippen LogP) is -0.713. The molecule has 0 radical (unpaired) electrons. The third-order valence-corrected chi connectivity index (χ3v) is 1.99. The molecule has 0 heterocycles. The minimum Gasteiger partial charge on any atom is -0.480 e. The summed E-state index contributed by atoms with van der Waals surface area (Å²) in [5.41, 5.74) is 4.88. The van der Waals surface area contributed by atoms with E-state index in [0.717, 1.165) is 0 Å². The number of carbonyl (C=O) groups is 3. The van der Waals surface area contributed by atoms with Crippen LogP contribution in [0.4, 0.5) is 4.79 Å². The zero-order chi connectivity index (χ0) is 14.8. The highest BCUT2D eigenvalue weighted by molar-refractivity contribution is 5.87. The Bertz CT molecular complexity index is 319. The van der Waals surface area contributed by atoms with E-state index in [1.165, 1.54) is 0 Å². The van der Waals surface area contributed by atoms with Gasteiger partial charge in [0, 0.05) is 13.2 Å². The molecule has 0 spiro atoms. The van der Waals surface area contributed by atoms with Crippen LogP contribution in [0, 0.1) is 5.92 Å². The van der Waals surface area contributed by atoms with E-state index < -0.39 is 30.4 Å². The van der Waals surface area contributed by atoms with Gasteiger partial charge >= 0.3 is 12.0 Å². The summed E-state index contributed by atoms with van der Waals surface area (Å²) in [5, 5.41) is 13.3. The van der Waals surface area contributed by atoms with Crippen LogP contribution < -0.4 is 16.4 Å². The molecule has 0 aromatic rings. The number of hydrogen-bond acceptors (Lipinski definition) is 4. The lowest BCUT2D eigenvalue weighted by atomic mass is 10.2. The number of ether oxygens (including phenoxy) is 1. The summed E-state index contributed by atoms with van der Waals surface area (Å²) in [6.45, 7) is 5.17. The predicted molar refractivity (Wildman–Crippen MR) is 67.4 cm³/mol. The molecule has 0 bridgehead atoms. The standard InChI is InChI=1S/C11H21N3O5/c1-7(2)6-19-4-3-13-11(18)14-8(10(16)17)5-9(12)15/h7-8H,3-6H2,1-2H3,(H2,12,15)(H,16,17)(H2,13,14,18)/t8-/m0/s1. The van der Waals surface area contributed by atoms with Crippen molar-refractivity contribution in [2.45, 2.75) is 26.3 Å². The molecule has 0 unspecified atom stereocenters. The van der Waals surface area contributed by atoms with Crippen molar-refractivity contribution in [3.05, 3.63) is 0 Å². The first-order valence-corrected chi connectivity index (χ1v) is 5.96. The van der Waals surface area contributed by atoms with Crippen molar-refractivity contribution in [2.75, 3.05) is 19.8 Å². The van der Waals surface area contributed by atoms with Crippen molar-refractivity contribution in [1.82, 2.24) is 10.6 Å². The second-order valence-corrected chi connectivity index (χ2v) is 4.43. The first-order chi connectivity index (χ1) is 8.82. The largest absolute Gasteiger partial charge is 0.480 e. The van der Waals surface area contributed by atoms with Crippen LogP contribution in [0.15, 0.2) is 0 Å². The first kappa shape index (κ1) is 17.2. The van der Waals surface area contributed by atoms with Gasteiger partial charge in [0.25, 0.3) is 0 Å². The molecule has 110 valence electrons. The Morgan fingerprint density at radius 1 is 1.32 bits per heavy atom. The molecule has 0 aliphatic heterocycles. The van der Waals surface area contributed by atoms with E-state index in [4.69, 9.17) is 15.6 Å². The molecule has 0 aromatic carbocycles. The fourth-order valence-corrected chi connectivity index (χ4v) is 1.17. The van der Waals surface area contributed by atoms with Crippen LogP contribution in [0.2, 0.25) is 0 Å². The van der Waals surface area contributed by atoms with Gasteiger partial charge in [-0.25, -0.2) is 9.59 Å². The normalized spacial score (nSPS) is 11.9. The molecule has 8 heteroatoms. The van der Waals surface area contributed by atoms with E-state index in [2.05, 4.69) is 10.6 Å². The van der Waals surface area contributed by atoms with Crippen LogP contribution in [-0.4, -0.2) is 48.8 Å². The third-order valence-electron chi connectivity index (χ3n) is 1.99. The molecule has 5 N–H and O–H groups in total. The lowest BCUT2D eigenvalue weighted by molar-refractivity contribution is -0.140. The number of aliphatic carboxylic acids is 1. The second kappa shape index (κ2) is 9.15. The average Bonchev–Trinajstić information content (AvgIpc) is 2.26. The van der Waals surface area contributed by atoms with Gasteiger partial charge in [0.1, 0.15) is 6.04 Å². The number of carboxylic acids is 1. The van der Waals surface area contributed by atoms with Gasteiger partial charge < -0.3 is 26.2 Å². The Morgan fingerprint density at radius 3 is 2.42 bits per heavy atom. The van der Waals surface area contributed by atoms with E-state index in [0.29, 0.717) is 19.1 Å². The molecule has 0 aliphatic rings. The van der Waals surface area contributed by atoms with Crippen LogP contribution >= 0.6 is 0 Å². The first-order valence-electron chi connectivity index (χ1n) is 5.96. The van der Waals surface area contributed by atoms with Gasteiger partial charge in [0.15, 0.2) is 0 Å². The quantitative estimate of drug-likeness (QED) is 0.413. The smallest absolute Gasteiger partial charge is 0.326 e. The highest BCUT2D eigenvalue weighted by Crippen LogP contribution is 1.92. The SMILES string of the molecule is CC(C)COCCNC(=O)N[C@@H](CC(N)=O)C(=O)O. The minimum atomic E-state index is -1.32. The number of nitrogens with two attached hydrogens (primary N) is 1. The van der Waals surface area contributed by atoms with Gasteiger partial charge in [-0.2, -0.15) is 0 Å². The van der Waals surface area contributed by atoms with E-state index in [1.807, 2.05) is 13.8 Å². The molecule has 3 amide bonds. The Balaban J connectivity index is 3.87. The minimum absolute atomic E-state index is 0.251. The summed E-state index contributed by atoms with van der Waals surface area (Å²) < 4.78 is 5.23. The summed E-state index contributed by atoms with van der Waals surface area (Å²) in [6, 6.07) is -2.00. The highest BCUT2D eigenvalue weighted by Gasteiger charge is 2.21. The van der Waals surface area contributed by atoms with E-state index in [1.54, 1.807) is 0 Å². The van der Waals surface area contributed by atoms with Crippen LogP contribution in [0.25, 0.3) is 0 Å². The van der Waals surface area contributed by atoms with E-state index in [9.17, 15) is 14.4 Å². The van der Waals surface area contributed by atoms with Gasteiger partial charge in [-0.15, -0.1) is 0 Å². The van der Waals surface area contributed by atoms with Crippen LogP contribution in [0.3, 0.4) is 0 Å². The summed E-state index contributed by atoms with van der Waals surface area (Å²) in [7, 11) is 0. The number of primary amides is 1. The number of urea groups is 1. The Hall–Kier alpha value is -1.83. The number of nitrogens with one attached hydrogen (secondary N) is 2. The average molecular weight is 275 g/mol. The highest BCUT2D eigenvalue weighted by atomic mass is 16.5. The van der Waals surface area contributed by atoms with Gasteiger partial charge in [0.05, 0.1) is 13.0 Å². The number of amides is 3. The van der Waals surface area contributed by atoms with Gasteiger partial charge in [-0.05, 0) is 5.92 Å². The molecule has 0 aliphatic carbocycles. The third kappa shape index (κ3) is 9.83. The van der Waals surface area contributed by atoms with Crippen LogP contribution in [-0.2, 0) is 14.3 Å². The molecule has 0 saturated heterocycles. The maximum atomic E-state index is 11.3. The van der Waals surface area contributed by atoms with Gasteiger partial charge in [-0.1, -0.05) is 13.8 Å². The molecule has 0 aromatic heterocycles. The Labute approximate surface area is 111 Å². The van der Waals surface area contributed by atoms with Crippen molar-refractivity contribution < 1.29 is 24.2 Å². The second-order valence-electron chi connectivity index (χ2n) is 4.43. The molecule has 0 saturated carbocycles. The molecule has 0 fully saturated rings. The molecule has 0 rings (SSSR count). The zero-order valence-corrected chi connectivity index (χ0v) is 11.1. The topological polar surface area (TPSA) is 131 Å². The van der Waals surface area contributed by atoms with Crippen molar-refractivity contribution in [3.8, 4) is 0 Å². The summed E-state index contributed by atoms with van der Waals surface area (Å²) in [5.74, 6) is -1.71. The molecular weight excluding hydrogens is 254 g/mol. The molecular formula is C11H21N3O5. The van der Waals surface area contributed by atoms with Crippen molar-refractivity contribution >= 4 is 17.9 Å². The van der Waals surface area contributed by atoms with Gasteiger partial charge in [-0.3, -0.25) is 4.79 Å². The van der Waals surface area contributed by atoms with Crippen molar-refractivity contribution in [3.63, 3.8) is 0 Å². The number of rotatable bonds is 9. The fourth-order valence-electron chi connectivity index (χ4n) is 1.17. The van der Waals surface area contributed by atoms with E-state index >= 15 is 0 Å². The maximum Gasteiger partial charge on any atom is 0.326 e. The lowest BCUT2D eigenvalue weighted by Crippen LogP contribution is -2.48. The number of hydrogen-bond donors (Lipinski definition) is 4. The molecule has 1 atom stereocenters. The fraction of sp³-hybridized carbons (Fsp3) is 0.727. The monoisotopic (exact) mass is 275 g/mol. The molecule has 8 nitrogen and oxygen atoms in total. The molecule has 19 heavy (non-hydrogen) atoms. The Morgan fingerprint density at radius 2 is 1.95 bits per heavy atom. The zero-order valence-electron chi connectivity index (χ0n) is 11.1. The Kier molecular flexibility index (Phi) is 8.27. The lowest BCUT2D eigenvalue weighted by Gasteiger charge is -2.14. The summed E-state index contributed by atoms with van der Waals surface area (Å²) in [4.78, 5) is 32.7. The van der Waals surface area contributed by atoms with Crippen LogP contribution in [0.5, 0.6) is 0 Å². The van der Waals surface area contributed by atoms with Crippen LogP contribution in [0.1, 0.15) is 20.3 Å². The summed E-state index contributed by atoms with van der Waals surface area (Å²) in [6.07, 6.45) is -0.452. The summed E-state index contributed by atoms with van der Waals surface area (Å²) >= 11 is 0. The number of carbonyl (C=O) groups excluding carboxylic acids is 2. The number of carboxylic acid groups (broad SMARTS) is 1. The van der Waals surface area contributed by atoms with E-state index in [-0.39, 0.29) is 6.54 Å². The maximum absolute atomic E-state index is 11.3.